The van der Waals surface area contributed by atoms with Gasteiger partial charge < -0.3 is 15.7 Å². The second-order valence-electron chi connectivity index (χ2n) is 5.95. The van der Waals surface area contributed by atoms with E-state index in [4.69, 9.17) is 5.11 Å². The van der Waals surface area contributed by atoms with Crippen LogP contribution in [0.5, 0.6) is 0 Å². The molecule has 0 spiro atoms. The highest BCUT2D eigenvalue weighted by atomic mass is 16.3. The monoisotopic (exact) mass is 256 g/mol. The molecular formula is C14H28N2O2. The molecule has 1 aliphatic rings. The topological polar surface area (TPSA) is 61.4 Å². The molecule has 106 valence electrons. The average molecular weight is 256 g/mol. The van der Waals surface area contributed by atoms with Gasteiger partial charge in [-0.25, -0.2) is 4.79 Å². The van der Waals surface area contributed by atoms with Gasteiger partial charge in [0.1, 0.15) is 0 Å². The molecular weight excluding hydrogens is 228 g/mol. The Morgan fingerprint density at radius 2 is 2.11 bits per heavy atom. The Kier molecular flexibility index (Phi) is 6.47. The second kappa shape index (κ2) is 7.62. The van der Waals surface area contributed by atoms with Crippen molar-refractivity contribution >= 4 is 6.03 Å². The number of aliphatic hydroxyl groups excluding tert-OH is 1. The van der Waals surface area contributed by atoms with Gasteiger partial charge in [0.25, 0.3) is 0 Å². The quantitative estimate of drug-likeness (QED) is 0.706. The number of nitrogens with one attached hydrogen (secondary N) is 2. The molecule has 0 aromatic rings. The van der Waals surface area contributed by atoms with E-state index >= 15 is 0 Å². The van der Waals surface area contributed by atoms with Gasteiger partial charge >= 0.3 is 6.03 Å². The minimum absolute atomic E-state index is 0.0519. The van der Waals surface area contributed by atoms with Crippen LogP contribution >= 0.6 is 0 Å². The number of hydrogen-bond donors (Lipinski definition) is 3. The van der Waals surface area contributed by atoms with Crippen molar-refractivity contribution in [1.82, 2.24) is 10.6 Å². The predicted octanol–water partition coefficient (Wildman–Crippen LogP) is 2.27. The highest BCUT2D eigenvalue weighted by Crippen LogP contribution is 2.23. The number of carbonyl (C=O) groups is 1. The lowest BCUT2D eigenvalue weighted by atomic mass is 9.87. The van der Waals surface area contributed by atoms with E-state index in [2.05, 4.69) is 31.4 Å². The van der Waals surface area contributed by atoms with Crippen LogP contribution in [0.25, 0.3) is 0 Å². The molecule has 0 radical (unpaired) electrons. The van der Waals surface area contributed by atoms with Crippen molar-refractivity contribution in [3.8, 4) is 0 Å². The summed E-state index contributed by atoms with van der Waals surface area (Å²) < 4.78 is 0. The van der Waals surface area contributed by atoms with Gasteiger partial charge in [0.15, 0.2) is 0 Å². The van der Waals surface area contributed by atoms with E-state index in [-0.39, 0.29) is 18.7 Å². The summed E-state index contributed by atoms with van der Waals surface area (Å²) in [4.78, 5) is 11.9. The molecule has 0 bridgehead atoms. The van der Waals surface area contributed by atoms with Crippen molar-refractivity contribution in [1.29, 1.82) is 0 Å². The lowest BCUT2D eigenvalue weighted by Gasteiger charge is -2.29. The number of carbonyl (C=O) groups excluding carboxylic acids is 1. The summed E-state index contributed by atoms with van der Waals surface area (Å²) in [5.41, 5.74) is 0. The zero-order chi connectivity index (χ0) is 13.5. The van der Waals surface area contributed by atoms with Gasteiger partial charge in [-0.3, -0.25) is 0 Å². The van der Waals surface area contributed by atoms with Crippen LogP contribution in [0.4, 0.5) is 4.79 Å². The van der Waals surface area contributed by atoms with Gasteiger partial charge in [-0.2, -0.15) is 0 Å². The Balaban J connectivity index is 2.35. The molecule has 0 heterocycles. The molecule has 0 aromatic carbocycles. The molecule has 3 atom stereocenters. The molecule has 1 fully saturated rings. The maximum absolute atomic E-state index is 11.9. The number of urea groups is 1. The summed E-state index contributed by atoms with van der Waals surface area (Å²) >= 11 is 0. The van der Waals surface area contributed by atoms with Crippen LogP contribution in [0.15, 0.2) is 0 Å². The molecule has 4 nitrogen and oxygen atoms in total. The molecule has 0 saturated heterocycles. The summed E-state index contributed by atoms with van der Waals surface area (Å²) in [6, 6.07) is 0.285. The van der Waals surface area contributed by atoms with Gasteiger partial charge in [0.05, 0.1) is 0 Å². The fraction of sp³-hybridized carbons (Fsp3) is 0.929. The van der Waals surface area contributed by atoms with E-state index < -0.39 is 0 Å². The van der Waals surface area contributed by atoms with Gasteiger partial charge in [-0.1, -0.05) is 33.6 Å². The molecule has 2 amide bonds. The first-order valence-electron chi connectivity index (χ1n) is 7.20. The summed E-state index contributed by atoms with van der Waals surface area (Å²) in [5, 5.41) is 15.0. The van der Waals surface area contributed by atoms with Gasteiger partial charge in [0.2, 0.25) is 0 Å². The fourth-order valence-electron chi connectivity index (χ4n) is 2.67. The largest absolute Gasteiger partial charge is 0.396 e. The van der Waals surface area contributed by atoms with Crippen molar-refractivity contribution in [2.45, 2.75) is 65.0 Å². The third-order valence-corrected chi connectivity index (χ3v) is 3.83. The van der Waals surface area contributed by atoms with Crippen molar-refractivity contribution in [2.75, 3.05) is 6.61 Å². The SMILES string of the molecule is CC1CCCC(NC(=O)NC(CCO)C(C)C)C1. The number of aliphatic hydroxyl groups is 1. The van der Waals surface area contributed by atoms with E-state index in [1.54, 1.807) is 0 Å². The van der Waals surface area contributed by atoms with Gasteiger partial charge in [0, 0.05) is 18.7 Å². The van der Waals surface area contributed by atoms with Crippen LogP contribution in [0.1, 0.15) is 52.9 Å². The summed E-state index contributed by atoms with van der Waals surface area (Å²) in [5.74, 6) is 1.05. The van der Waals surface area contributed by atoms with Crippen molar-refractivity contribution < 1.29 is 9.90 Å². The molecule has 0 aromatic heterocycles. The van der Waals surface area contributed by atoms with E-state index in [0.717, 1.165) is 12.8 Å². The molecule has 3 N–H and O–H groups in total. The minimum Gasteiger partial charge on any atom is -0.396 e. The molecule has 0 aliphatic heterocycles. The fourth-order valence-corrected chi connectivity index (χ4v) is 2.67. The molecule has 1 rings (SSSR count). The third kappa shape index (κ3) is 5.25. The zero-order valence-corrected chi connectivity index (χ0v) is 11.9. The first-order valence-corrected chi connectivity index (χ1v) is 7.20. The highest BCUT2D eigenvalue weighted by molar-refractivity contribution is 5.74. The summed E-state index contributed by atoms with van der Waals surface area (Å²) in [7, 11) is 0. The normalized spacial score (nSPS) is 25.8. The van der Waals surface area contributed by atoms with Crippen LogP contribution in [-0.4, -0.2) is 29.8 Å². The lowest BCUT2D eigenvalue weighted by Crippen LogP contribution is -2.49. The van der Waals surface area contributed by atoms with Crippen molar-refractivity contribution in [3.05, 3.63) is 0 Å². The summed E-state index contributed by atoms with van der Waals surface area (Å²) in [6.45, 7) is 6.48. The minimum atomic E-state index is -0.0822. The highest BCUT2D eigenvalue weighted by Gasteiger charge is 2.22. The van der Waals surface area contributed by atoms with E-state index in [0.29, 0.717) is 24.3 Å². The molecule has 1 saturated carbocycles. The van der Waals surface area contributed by atoms with E-state index in [9.17, 15) is 4.79 Å². The molecule has 3 unspecified atom stereocenters. The molecule has 1 aliphatic carbocycles. The van der Waals surface area contributed by atoms with Crippen LogP contribution in [0.2, 0.25) is 0 Å². The first kappa shape index (κ1) is 15.3. The van der Waals surface area contributed by atoms with E-state index in [1.165, 1.54) is 12.8 Å². The standard InChI is InChI=1S/C14H28N2O2/c1-10(2)13(7-8-17)16-14(18)15-12-6-4-5-11(3)9-12/h10-13,17H,4-9H2,1-3H3,(H2,15,16,18). The Bertz CT molecular complexity index is 256. The van der Waals surface area contributed by atoms with Crippen LogP contribution in [0, 0.1) is 11.8 Å². The lowest BCUT2D eigenvalue weighted by molar-refractivity contribution is 0.209. The van der Waals surface area contributed by atoms with Crippen molar-refractivity contribution in [2.24, 2.45) is 11.8 Å². The third-order valence-electron chi connectivity index (χ3n) is 3.83. The number of hydrogen-bond acceptors (Lipinski definition) is 2. The van der Waals surface area contributed by atoms with Gasteiger partial charge in [-0.15, -0.1) is 0 Å². The first-order chi connectivity index (χ1) is 8.52. The predicted molar refractivity (Wildman–Crippen MR) is 73.4 cm³/mol. The molecule has 18 heavy (non-hydrogen) atoms. The van der Waals surface area contributed by atoms with Crippen LogP contribution < -0.4 is 10.6 Å². The van der Waals surface area contributed by atoms with Crippen molar-refractivity contribution in [3.63, 3.8) is 0 Å². The Labute approximate surface area is 111 Å². The van der Waals surface area contributed by atoms with Crippen LogP contribution in [-0.2, 0) is 0 Å². The number of rotatable bonds is 5. The van der Waals surface area contributed by atoms with E-state index in [1.807, 2.05) is 0 Å². The average Bonchev–Trinajstić information content (AvgIpc) is 2.28. The second-order valence-corrected chi connectivity index (χ2v) is 5.95. The summed E-state index contributed by atoms with van der Waals surface area (Å²) in [6.07, 6.45) is 5.27. The zero-order valence-electron chi connectivity index (χ0n) is 11.9. The molecule has 4 heteroatoms. The Morgan fingerprint density at radius 3 is 2.67 bits per heavy atom. The maximum atomic E-state index is 11.9. The Hall–Kier alpha value is -0.770. The van der Waals surface area contributed by atoms with Crippen LogP contribution in [0.3, 0.4) is 0 Å². The smallest absolute Gasteiger partial charge is 0.315 e. The Morgan fingerprint density at radius 1 is 1.39 bits per heavy atom. The van der Waals surface area contributed by atoms with Gasteiger partial charge in [-0.05, 0) is 31.1 Å². The maximum Gasteiger partial charge on any atom is 0.315 e. The number of amides is 2.